The minimum absolute atomic E-state index is 0.172. The molecular formula is C22H27NO2. The smallest absolute Gasteiger partial charge is 0.121 e. The first-order valence-corrected chi connectivity index (χ1v) is 9.47. The first kappa shape index (κ1) is 16.5. The van der Waals surface area contributed by atoms with Crippen LogP contribution >= 0.6 is 0 Å². The number of fused-ring (bicyclic) bond motifs is 1. The van der Waals surface area contributed by atoms with Crippen LogP contribution in [0.3, 0.4) is 0 Å². The van der Waals surface area contributed by atoms with Gasteiger partial charge in [0.2, 0.25) is 0 Å². The third-order valence-electron chi connectivity index (χ3n) is 5.28. The Kier molecular flexibility index (Phi) is 4.67. The SMILES string of the molecule is CCOc1cccc(N2CCOC(C)c3cccc(C4CC4)c3C2)c1. The van der Waals surface area contributed by atoms with Gasteiger partial charge in [0.25, 0.3) is 0 Å². The van der Waals surface area contributed by atoms with Crippen molar-refractivity contribution in [1.82, 2.24) is 0 Å². The molecule has 1 atom stereocenters. The summed E-state index contributed by atoms with van der Waals surface area (Å²) in [6.07, 6.45) is 2.82. The molecule has 3 heteroatoms. The Balaban J connectivity index is 1.69. The number of rotatable bonds is 4. The molecule has 0 N–H and O–H groups in total. The molecule has 2 aliphatic rings. The van der Waals surface area contributed by atoms with Gasteiger partial charge in [-0.2, -0.15) is 0 Å². The zero-order valence-corrected chi connectivity index (χ0v) is 15.2. The van der Waals surface area contributed by atoms with E-state index in [0.717, 1.165) is 31.4 Å². The van der Waals surface area contributed by atoms with Gasteiger partial charge in [0.1, 0.15) is 5.75 Å². The van der Waals surface area contributed by atoms with Crippen molar-refractivity contribution in [3.05, 3.63) is 59.2 Å². The van der Waals surface area contributed by atoms with Crippen molar-refractivity contribution >= 4 is 5.69 Å². The first-order valence-electron chi connectivity index (χ1n) is 9.47. The molecule has 0 radical (unpaired) electrons. The number of hydrogen-bond donors (Lipinski definition) is 0. The van der Waals surface area contributed by atoms with Gasteiger partial charge in [-0.15, -0.1) is 0 Å². The fourth-order valence-corrected chi connectivity index (χ4v) is 3.82. The minimum Gasteiger partial charge on any atom is -0.494 e. The molecule has 1 heterocycles. The summed E-state index contributed by atoms with van der Waals surface area (Å²) in [5.74, 6) is 1.69. The second-order valence-electron chi connectivity index (χ2n) is 7.05. The van der Waals surface area contributed by atoms with Crippen molar-refractivity contribution in [2.45, 2.75) is 45.3 Å². The van der Waals surface area contributed by atoms with E-state index < -0.39 is 0 Å². The summed E-state index contributed by atoms with van der Waals surface area (Å²) in [7, 11) is 0. The van der Waals surface area contributed by atoms with Crippen molar-refractivity contribution in [2.75, 3.05) is 24.7 Å². The molecule has 0 aromatic heterocycles. The average molecular weight is 337 g/mol. The van der Waals surface area contributed by atoms with E-state index in [0.29, 0.717) is 6.61 Å². The standard InChI is InChI=1S/C22H27NO2/c1-3-24-19-7-4-6-18(14-19)23-12-13-25-16(2)20-8-5-9-21(17-10-11-17)22(20)15-23/h4-9,14,16-17H,3,10-13,15H2,1-2H3. The largest absolute Gasteiger partial charge is 0.494 e. The molecule has 2 aromatic rings. The van der Waals surface area contributed by atoms with E-state index in [9.17, 15) is 0 Å². The highest BCUT2D eigenvalue weighted by atomic mass is 16.5. The van der Waals surface area contributed by atoms with Gasteiger partial charge in [-0.25, -0.2) is 0 Å². The molecule has 1 aliphatic heterocycles. The fraction of sp³-hybridized carbons (Fsp3) is 0.455. The van der Waals surface area contributed by atoms with Crippen molar-refractivity contribution < 1.29 is 9.47 Å². The molecule has 4 rings (SSSR count). The molecule has 0 amide bonds. The molecule has 0 saturated heterocycles. The highest BCUT2D eigenvalue weighted by molar-refractivity contribution is 5.53. The molecule has 25 heavy (non-hydrogen) atoms. The van der Waals surface area contributed by atoms with Crippen LogP contribution in [0.1, 0.15) is 55.4 Å². The Morgan fingerprint density at radius 1 is 1.12 bits per heavy atom. The molecule has 132 valence electrons. The number of ether oxygens (including phenoxy) is 2. The lowest BCUT2D eigenvalue weighted by molar-refractivity contribution is 0.0671. The molecule has 2 aromatic carbocycles. The van der Waals surface area contributed by atoms with E-state index in [1.165, 1.54) is 35.2 Å². The lowest BCUT2D eigenvalue weighted by atomic mass is 9.94. The Labute approximate surface area is 150 Å². The predicted octanol–water partition coefficient (Wildman–Crippen LogP) is 5.06. The summed E-state index contributed by atoms with van der Waals surface area (Å²) < 4.78 is 11.8. The van der Waals surface area contributed by atoms with E-state index in [1.54, 1.807) is 0 Å². The van der Waals surface area contributed by atoms with Crippen molar-refractivity contribution in [2.24, 2.45) is 0 Å². The van der Waals surface area contributed by atoms with Crippen LogP contribution in [-0.2, 0) is 11.3 Å². The molecule has 0 spiro atoms. The van der Waals surface area contributed by atoms with E-state index in [-0.39, 0.29) is 6.10 Å². The maximum Gasteiger partial charge on any atom is 0.121 e. The highest BCUT2D eigenvalue weighted by Gasteiger charge is 2.29. The molecule has 1 fully saturated rings. The van der Waals surface area contributed by atoms with Gasteiger partial charge in [0.15, 0.2) is 0 Å². The van der Waals surface area contributed by atoms with E-state index >= 15 is 0 Å². The zero-order chi connectivity index (χ0) is 17.2. The Hall–Kier alpha value is -2.00. The average Bonchev–Trinajstić information content (AvgIpc) is 3.44. The second kappa shape index (κ2) is 7.09. The van der Waals surface area contributed by atoms with Crippen LogP contribution in [0.2, 0.25) is 0 Å². The molecule has 1 saturated carbocycles. The van der Waals surface area contributed by atoms with Gasteiger partial charge in [0, 0.05) is 24.8 Å². The van der Waals surface area contributed by atoms with Crippen LogP contribution < -0.4 is 9.64 Å². The molecule has 0 bridgehead atoms. The number of anilines is 1. The maximum absolute atomic E-state index is 6.12. The van der Waals surface area contributed by atoms with Gasteiger partial charge >= 0.3 is 0 Å². The Morgan fingerprint density at radius 3 is 2.72 bits per heavy atom. The molecule has 1 unspecified atom stereocenters. The lowest BCUT2D eigenvalue weighted by Crippen LogP contribution is -2.31. The van der Waals surface area contributed by atoms with Crippen molar-refractivity contribution in [3.8, 4) is 5.75 Å². The topological polar surface area (TPSA) is 21.7 Å². The van der Waals surface area contributed by atoms with Crippen LogP contribution in [0, 0.1) is 0 Å². The predicted molar refractivity (Wildman–Crippen MR) is 101 cm³/mol. The van der Waals surface area contributed by atoms with Crippen LogP contribution in [0.25, 0.3) is 0 Å². The third kappa shape index (κ3) is 3.52. The summed E-state index contributed by atoms with van der Waals surface area (Å²) in [5, 5.41) is 0. The first-order chi connectivity index (χ1) is 12.3. The Bertz CT molecular complexity index is 739. The number of nitrogens with zero attached hydrogens (tertiary/aromatic N) is 1. The van der Waals surface area contributed by atoms with E-state index in [4.69, 9.17) is 9.47 Å². The Morgan fingerprint density at radius 2 is 1.92 bits per heavy atom. The maximum atomic E-state index is 6.12. The lowest BCUT2D eigenvalue weighted by Gasteiger charge is -2.32. The van der Waals surface area contributed by atoms with Gasteiger partial charge in [-0.05, 0) is 61.4 Å². The van der Waals surface area contributed by atoms with Gasteiger partial charge in [-0.3, -0.25) is 0 Å². The molecule has 1 aliphatic carbocycles. The van der Waals surface area contributed by atoms with Gasteiger partial charge in [-0.1, -0.05) is 24.3 Å². The van der Waals surface area contributed by atoms with Crippen LogP contribution in [-0.4, -0.2) is 19.8 Å². The summed E-state index contributed by atoms with van der Waals surface area (Å²) >= 11 is 0. The monoisotopic (exact) mass is 337 g/mol. The molecule has 3 nitrogen and oxygen atoms in total. The third-order valence-corrected chi connectivity index (χ3v) is 5.28. The van der Waals surface area contributed by atoms with E-state index in [1.807, 2.05) is 13.0 Å². The fourth-order valence-electron chi connectivity index (χ4n) is 3.82. The number of benzene rings is 2. The van der Waals surface area contributed by atoms with E-state index in [2.05, 4.69) is 48.2 Å². The summed E-state index contributed by atoms with van der Waals surface area (Å²) in [4.78, 5) is 2.43. The van der Waals surface area contributed by atoms with Gasteiger partial charge < -0.3 is 14.4 Å². The quantitative estimate of drug-likeness (QED) is 0.778. The van der Waals surface area contributed by atoms with Gasteiger partial charge in [0.05, 0.1) is 19.3 Å². The normalized spacial score (nSPS) is 20.6. The summed E-state index contributed by atoms with van der Waals surface area (Å²) in [5.41, 5.74) is 5.57. The zero-order valence-electron chi connectivity index (χ0n) is 15.2. The highest BCUT2D eigenvalue weighted by Crippen LogP contribution is 2.44. The van der Waals surface area contributed by atoms with Crippen molar-refractivity contribution in [1.29, 1.82) is 0 Å². The van der Waals surface area contributed by atoms with Crippen LogP contribution in [0.15, 0.2) is 42.5 Å². The summed E-state index contributed by atoms with van der Waals surface area (Å²) in [6, 6.07) is 15.2. The minimum atomic E-state index is 0.172. The number of hydrogen-bond acceptors (Lipinski definition) is 3. The van der Waals surface area contributed by atoms with Crippen LogP contribution in [0.4, 0.5) is 5.69 Å². The molecular weight excluding hydrogens is 310 g/mol. The van der Waals surface area contributed by atoms with Crippen LogP contribution in [0.5, 0.6) is 5.75 Å². The van der Waals surface area contributed by atoms with Crippen molar-refractivity contribution in [3.63, 3.8) is 0 Å². The summed E-state index contributed by atoms with van der Waals surface area (Å²) in [6.45, 7) is 7.49. The second-order valence-corrected chi connectivity index (χ2v) is 7.05.